The first-order valence-corrected chi connectivity index (χ1v) is 6.63. The fourth-order valence-electron chi connectivity index (χ4n) is 1.92. The second-order valence-electron chi connectivity index (χ2n) is 4.28. The van der Waals surface area contributed by atoms with Crippen molar-refractivity contribution in [1.82, 2.24) is 4.98 Å². The van der Waals surface area contributed by atoms with Crippen LogP contribution in [0.5, 0.6) is 0 Å². The van der Waals surface area contributed by atoms with Crippen molar-refractivity contribution in [1.29, 1.82) is 0 Å². The Labute approximate surface area is 101 Å². The van der Waals surface area contributed by atoms with Crippen LogP contribution in [0.2, 0.25) is 0 Å². The number of nitrogens with two attached hydrogens (primary N) is 1. The Morgan fingerprint density at radius 1 is 1.44 bits per heavy atom. The normalized spacial score (nSPS) is 13.2. The summed E-state index contributed by atoms with van der Waals surface area (Å²) in [7, 11) is 0. The maximum atomic E-state index is 6.04. The third-order valence-corrected chi connectivity index (χ3v) is 3.80. The first kappa shape index (κ1) is 11.6. The first-order valence-electron chi connectivity index (χ1n) is 5.81. The molecule has 2 aromatic rings. The summed E-state index contributed by atoms with van der Waals surface area (Å²) < 4.78 is 1.28. The maximum absolute atomic E-state index is 6.04. The van der Waals surface area contributed by atoms with E-state index >= 15 is 0 Å². The Bertz CT molecular complexity index is 476. The summed E-state index contributed by atoms with van der Waals surface area (Å²) in [6.07, 6.45) is 3.13. The lowest BCUT2D eigenvalue weighted by molar-refractivity contribution is 0.599. The number of para-hydroxylation sites is 1. The molecule has 0 saturated carbocycles. The van der Waals surface area contributed by atoms with Crippen LogP contribution >= 0.6 is 11.3 Å². The minimum atomic E-state index is 0.255. The van der Waals surface area contributed by atoms with Gasteiger partial charge in [0.2, 0.25) is 0 Å². The standard InChI is InChI=1S/C13H18N2S/c1-3-5-10(14)8-12-15-13-9(2)6-4-7-11(13)16-12/h4,6-7,10H,3,5,8,14H2,1-2H3. The fourth-order valence-corrected chi connectivity index (χ4v) is 3.05. The van der Waals surface area contributed by atoms with Crippen LogP contribution in [0, 0.1) is 6.92 Å². The molecule has 1 heterocycles. The molecule has 2 N–H and O–H groups in total. The first-order chi connectivity index (χ1) is 7.70. The van der Waals surface area contributed by atoms with E-state index in [1.165, 1.54) is 15.3 Å². The molecule has 0 fully saturated rings. The van der Waals surface area contributed by atoms with Crippen molar-refractivity contribution in [2.45, 2.75) is 39.2 Å². The van der Waals surface area contributed by atoms with Gasteiger partial charge in [0.15, 0.2) is 0 Å². The van der Waals surface area contributed by atoms with Crippen molar-refractivity contribution in [2.24, 2.45) is 5.73 Å². The Hall–Kier alpha value is -0.930. The molecule has 3 heteroatoms. The van der Waals surface area contributed by atoms with Crippen LogP contribution in [0.15, 0.2) is 18.2 Å². The molecule has 0 radical (unpaired) electrons. The summed E-state index contributed by atoms with van der Waals surface area (Å²) in [5.41, 5.74) is 8.44. The molecular weight excluding hydrogens is 216 g/mol. The van der Waals surface area contributed by atoms with Crippen LogP contribution in [0.1, 0.15) is 30.3 Å². The molecule has 16 heavy (non-hydrogen) atoms. The van der Waals surface area contributed by atoms with Gasteiger partial charge in [0.05, 0.1) is 15.2 Å². The number of benzene rings is 1. The van der Waals surface area contributed by atoms with Crippen LogP contribution < -0.4 is 5.73 Å². The number of aromatic nitrogens is 1. The number of thiazole rings is 1. The molecule has 0 amide bonds. The third-order valence-electron chi connectivity index (χ3n) is 2.76. The average molecular weight is 234 g/mol. The van der Waals surface area contributed by atoms with Crippen molar-refractivity contribution < 1.29 is 0 Å². The molecule has 1 aromatic carbocycles. The zero-order valence-electron chi connectivity index (χ0n) is 9.86. The summed E-state index contributed by atoms with van der Waals surface area (Å²) in [5.74, 6) is 0. The van der Waals surface area contributed by atoms with Gasteiger partial charge < -0.3 is 5.73 Å². The van der Waals surface area contributed by atoms with Gasteiger partial charge in [-0.1, -0.05) is 25.5 Å². The Kier molecular flexibility index (Phi) is 3.56. The molecule has 1 atom stereocenters. The van der Waals surface area contributed by atoms with Crippen LogP contribution in [0.3, 0.4) is 0 Å². The van der Waals surface area contributed by atoms with Crippen molar-refractivity contribution in [2.75, 3.05) is 0 Å². The van der Waals surface area contributed by atoms with E-state index in [0.29, 0.717) is 0 Å². The van der Waals surface area contributed by atoms with Crippen LogP contribution in [0.25, 0.3) is 10.2 Å². The maximum Gasteiger partial charge on any atom is 0.0954 e. The largest absolute Gasteiger partial charge is 0.327 e. The lowest BCUT2D eigenvalue weighted by atomic mass is 10.1. The Morgan fingerprint density at radius 3 is 2.94 bits per heavy atom. The van der Waals surface area contributed by atoms with E-state index in [4.69, 9.17) is 5.73 Å². The minimum Gasteiger partial charge on any atom is -0.327 e. The number of fused-ring (bicyclic) bond motifs is 1. The molecule has 1 unspecified atom stereocenters. The smallest absolute Gasteiger partial charge is 0.0954 e. The van der Waals surface area contributed by atoms with E-state index < -0.39 is 0 Å². The van der Waals surface area contributed by atoms with Crippen molar-refractivity contribution >= 4 is 21.6 Å². The van der Waals surface area contributed by atoms with E-state index in [1.807, 2.05) is 0 Å². The zero-order chi connectivity index (χ0) is 11.5. The number of nitrogens with zero attached hydrogens (tertiary/aromatic N) is 1. The molecule has 2 rings (SSSR count). The highest BCUT2D eigenvalue weighted by molar-refractivity contribution is 7.18. The molecule has 1 aromatic heterocycles. The van der Waals surface area contributed by atoms with E-state index in [1.54, 1.807) is 11.3 Å². The average Bonchev–Trinajstić information content (AvgIpc) is 2.62. The summed E-state index contributed by atoms with van der Waals surface area (Å²) in [5, 5.41) is 1.17. The molecule has 2 nitrogen and oxygen atoms in total. The lowest BCUT2D eigenvalue weighted by Crippen LogP contribution is -2.22. The summed E-state index contributed by atoms with van der Waals surface area (Å²) >= 11 is 1.77. The Morgan fingerprint density at radius 2 is 2.25 bits per heavy atom. The molecule has 0 saturated heterocycles. The van der Waals surface area contributed by atoms with Gasteiger partial charge in [0.1, 0.15) is 0 Å². The summed E-state index contributed by atoms with van der Waals surface area (Å²) in [6.45, 7) is 4.28. The molecule has 0 spiro atoms. The quantitative estimate of drug-likeness (QED) is 0.881. The highest BCUT2D eigenvalue weighted by Crippen LogP contribution is 2.25. The van der Waals surface area contributed by atoms with Gasteiger partial charge in [-0.2, -0.15) is 0 Å². The molecule has 0 aliphatic heterocycles. The van der Waals surface area contributed by atoms with Crippen molar-refractivity contribution in [3.8, 4) is 0 Å². The van der Waals surface area contributed by atoms with E-state index in [0.717, 1.165) is 24.8 Å². The Balaban J connectivity index is 2.23. The predicted octanol–water partition coefficient (Wildman–Crippen LogP) is 3.27. The van der Waals surface area contributed by atoms with Crippen LogP contribution in [0.4, 0.5) is 0 Å². The minimum absolute atomic E-state index is 0.255. The summed E-state index contributed by atoms with van der Waals surface area (Å²) in [4.78, 5) is 4.67. The van der Waals surface area contributed by atoms with Gasteiger partial charge in [-0.3, -0.25) is 0 Å². The number of hydrogen-bond donors (Lipinski definition) is 1. The lowest BCUT2D eigenvalue weighted by Gasteiger charge is -2.06. The van der Waals surface area contributed by atoms with E-state index in [-0.39, 0.29) is 6.04 Å². The third kappa shape index (κ3) is 2.42. The number of hydrogen-bond acceptors (Lipinski definition) is 3. The van der Waals surface area contributed by atoms with Gasteiger partial charge >= 0.3 is 0 Å². The molecular formula is C13H18N2S. The molecule has 86 valence electrons. The summed E-state index contributed by atoms with van der Waals surface area (Å²) in [6, 6.07) is 6.59. The van der Waals surface area contributed by atoms with Gasteiger partial charge in [0.25, 0.3) is 0 Å². The van der Waals surface area contributed by atoms with Gasteiger partial charge in [-0.05, 0) is 25.0 Å². The monoisotopic (exact) mass is 234 g/mol. The highest BCUT2D eigenvalue weighted by Gasteiger charge is 2.09. The number of aryl methyl sites for hydroxylation is 1. The molecule has 0 bridgehead atoms. The van der Waals surface area contributed by atoms with Gasteiger partial charge in [-0.25, -0.2) is 4.98 Å². The van der Waals surface area contributed by atoms with E-state index in [2.05, 4.69) is 37.0 Å². The van der Waals surface area contributed by atoms with E-state index in [9.17, 15) is 0 Å². The second kappa shape index (κ2) is 4.93. The topological polar surface area (TPSA) is 38.9 Å². The van der Waals surface area contributed by atoms with Crippen LogP contribution in [-0.4, -0.2) is 11.0 Å². The SMILES string of the molecule is CCCC(N)Cc1nc2c(C)cccc2s1. The zero-order valence-corrected chi connectivity index (χ0v) is 10.7. The fraction of sp³-hybridized carbons (Fsp3) is 0.462. The molecule has 0 aliphatic carbocycles. The molecule has 0 aliphatic rings. The second-order valence-corrected chi connectivity index (χ2v) is 5.40. The number of rotatable bonds is 4. The van der Waals surface area contributed by atoms with Crippen LogP contribution in [-0.2, 0) is 6.42 Å². The van der Waals surface area contributed by atoms with Gasteiger partial charge in [0, 0.05) is 12.5 Å². The van der Waals surface area contributed by atoms with Crippen molar-refractivity contribution in [3.05, 3.63) is 28.8 Å². The predicted molar refractivity (Wildman–Crippen MR) is 70.9 cm³/mol. The highest BCUT2D eigenvalue weighted by atomic mass is 32.1. The van der Waals surface area contributed by atoms with Gasteiger partial charge in [-0.15, -0.1) is 11.3 Å². The van der Waals surface area contributed by atoms with Crippen molar-refractivity contribution in [3.63, 3.8) is 0 Å².